The summed E-state index contributed by atoms with van der Waals surface area (Å²) in [4.78, 5) is 14.1. The number of carbonyl (C=O) groups excluding carboxylic acids is 1. The van der Waals surface area contributed by atoms with E-state index >= 15 is 0 Å². The third-order valence-electron chi connectivity index (χ3n) is 6.22. The number of hydrogen-bond acceptors (Lipinski definition) is 3. The number of likely N-dealkylation sites (tertiary alicyclic amines) is 1. The van der Waals surface area contributed by atoms with Gasteiger partial charge in [0.1, 0.15) is 18.1 Å². The number of aromatic nitrogens is 2. The first-order valence-corrected chi connectivity index (χ1v) is 11.4. The van der Waals surface area contributed by atoms with Crippen molar-refractivity contribution in [2.75, 3.05) is 13.1 Å². The smallest absolute Gasteiger partial charge is 0.246 e. The quantitative estimate of drug-likeness (QED) is 0.367. The van der Waals surface area contributed by atoms with Crippen LogP contribution in [0.5, 0.6) is 5.75 Å². The number of ether oxygens (including phenoxy) is 1. The van der Waals surface area contributed by atoms with Gasteiger partial charge in [-0.05, 0) is 42.7 Å². The molecule has 2 heterocycles. The van der Waals surface area contributed by atoms with E-state index in [0.717, 1.165) is 52.9 Å². The van der Waals surface area contributed by atoms with Gasteiger partial charge in [-0.2, -0.15) is 5.10 Å². The van der Waals surface area contributed by atoms with Gasteiger partial charge in [0.05, 0.1) is 11.6 Å². The topological polar surface area (TPSA) is 47.4 Å². The van der Waals surface area contributed by atoms with E-state index in [0.29, 0.717) is 13.2 Å². The zero-order valence-corrected chi connectivity index (χ0v) is 18.6. The Hall–Kier alpha value is -3.86. The maximum Gasteiger partial charge on any atom is 0.246 e. The predicted octanol–water partition coefficient (Wildman–Crippen LogP) is 5.63. The molecule has 0 aliphatic carbocycles. The zero-order chi connectivity index (χ0) is 22.6. The van der Waals surface area contributed by atoms with Crippen LogP contribution in [0, 0.1) is 0 Å². The second kappa shape index (κ2) is 9.33. The highest BCUT2D eigenvalue weighted by Crippen LogP contribution is 2.32. The van der Waals surface area contributed by atoms with Crippen LogP contribution in [0.25, 0.3) is 22.2 Å². The van der Waals surface area contributed by atoms with Crippen LogP contribution in [0.4, 0.5) is 0 Å². The summed E-state index contributed by atoms with van der Waals surface area (Å²) in [5.74, 6) is 0.854. The number of para-hydroxylation sites is 2. The van der Waals surface area contributed by atoms with E-state index in [-0.39, 0.29) is 11.9 Å². The number of rotatable bonds is 6. The van der Waals surface area contributed by atoms with E-state index in [1.165, 1.54) is 6.08 Å². The van der Waals surface area contributed by atoms with Crippen LogP contribution < -0.4 is 4.74 Å². The maximum absolute atomic E-state index is 12.2. The van der Waals surface area contributed by atoms with Crippen LogP contribution in [-0.2, 0) is 11.4 Å². The highest BCUT2D eigenvalue weighted by Gasteiger charge is 2.26. The molecule has 5 nitrogen and oxygen atoms in total. The predicted molar refractivity (Wildman–Crippen MR) is 131 cm³/mol. The van der Waals surface area contributed by atoms with Gasteiger partial charge >= 0.3 is 0 Å². The molecule has 1 amide bonds. The van der Waals surface area contributed by atoms with Crippen LogP contribution >= 0.6 is 0 Å². The average molecular weight is 438 g/mol. The number of amides is 1. The Morgan fingerprint density at radius 3 is 2.58 bits per heavy atom. The Kier molecular flexibility index (Phi) is 5.94. The number of hydrogen-bond donors (Lipinski definition) is 0. The fraction of sp³-hybridized carbons (Fsp3) is 0.214. The van der Waals surface area contributed by atoms with Gasteiger partial charge in [-0.3, -0.25) is 9.48 Å². The van der Waals surface area contributed by atoms with Crippen LogP contribution in [0.3, 0.4) is 0 Å². The van der Waals surface area contributed by atoms with Crippen molar-refractivity contribution in [3.8, 4) is 17.0 Å². The molecule has 1 saturated heterocycles. The van der Waals surface area contributed by atoms with E-state index in [9.17, 15) is 4.79 Å². The van der Waals surface area contributed by atoms with Gasteiger partial charge in [0.2, 0.25) is 5.91 Å². The Morgan fingerprint density at radius 1 is 1.03 bits per heavy atom. The second-order valence-electron chi connectivity index (χ2n) is 8.39. The maximum atomic E-state index is 12.2. The lowest BCUT2D eigenvalue weighted by molar-refractivity contribution is -0.127. The number of fused-ring (bicyclic) bond motifs is 1. The van der Waals surface area contributed by atoms with Crippen molar-refractivity contribution >= 4 is 16.8 Å². The molecule has 0 bridgehead atoms. The van der Waals surface area contributed by atoms with Crippen LogP contribution in [0.2, 0.25) is 0 Å². The van der Waals surface area contributed by atoms with Gasteiger partial charge in [-0.15, -0.1) is 0 Å². The molecule has 166 valence electrons. The van der Waals surface area contributed by atoms with Gasteiger partial charge in [-0.1, -0.05) is 67.2 Å². The van der Waals surface area contributed by atoms with Crippen molar-refractivity contribution < 1.29 is 9.53 Å². The summed E-state index contributed by atoms with van der Waals surface area (Å²) in [7, 11) is 0. The summed E-state index contributed by atoms with van der Waals surface area (Å²) in [5.41, 5.74) is 4.25. The fourth-order valence-corrected chi connectivity index (χ4v) is 4.51. The van der Waals surface area contributed by atoms with Gasteiger partial charge < -0.3 is 9.64 Å². The summed E-state index contributed by atoms with van der Waals surface area (Å²) in [6, 6.07) is 26.7. The lowest BCUT2D eigenvalue weighted by Crippen LogP contribution is -2.40. The summed E-state index contributed by atoms with van der Waals surface area (Å²) in [5, 5.41) is 6.17. The molecule has 1 aromatic heterocycles. The van der Waals surface area contributed by atoms with Crippen molar-refractivity contribution in [1.82, 2.24) is 14.7 Å². The Bertz CT molecular complexity index is 1260. The van der Waals surface area contributed by atoms with Crippen molar-refractivity contribution in [1.29, 1.82) is 0 Å². The van der Waals surface area contributed by atoms with Crippen molar-refractivity contribution in [3.63, 3.8) is 0 Å². The SMILES string of the molecule is C=CC(=O)N1CCC[C@@H](n2nc(-c3ccc(COc4ccccc4)cc3)c3ccccc32)C1. The Labute approximate surface area is 193 Å². The number of carbonyl (C=O) groups is 1. The highest BCUT2D eigenvalue weighted by atomic mass is 16.5. The standard InChI is InChI=1S/C28H27N3O2/c1-2-27(32)30-18-8-9-23(19-30)31-26-13-7-6-12-25(26)28(29-31)22-16-14-21(15-17-22)20-33-24-10-4-3-5-11-24/h2-7,10-17,23H,1,8-9,18-20H2/t23-/m1/s1. The molecule has 0 saturated carbocycles. The lowest BCUT2D eigenvalue weighted by atomic mass is 10.0. The number of benzene rings is 3. The number of nitrogens with zero attached hydrogens (tertiary/aromatic N) is 3. The van der Waals surface area contributed by atoms with Crippen LogP contribution in [0.15, 0.2) is 91.5 Å². The van der Waals surface area contributed by atoms with E-state index in [1.54, 1.807) is 0 Å². The van der Waals surface area contributed by atoms with E-state index in [2.05, 4.69) is 47.7 Å². The summed E-state index contributed by atoms with van der Waals surface area (Å²) in [6.07, 6.45) is 3.36. The minimum atomic E-state index is -0.00954. The van der Waals surface area contributed by atoms with Crippen LogP contribution in [0.1, 0.15) is 24.4 Å². The third kappa shape index (κ3) is 4.40. The molecule has 33 heavy (non-hydrogen) atoms. The first kappa shape index (κ1) is 21.0. The van der Waals surface area contributed by atoms with Crippen LogP contribution in [-0.4, -0.2) is 33.7 Å². The molecule has 1 aliphatic rings. The van der Waals surface area contributed by atoms with Crippen molar-refractivity contribution in [2.24, 2.45) is 0 Å². The average Bonchev–Trinajstić information content (AvgIpc) is 3.28. The largest absolute Gasteiger partial charge is 0.489 e. The van der Waals surface area contributed by atoms with Crippen molar-refractivity contribution in [2.45, 2.75) is 25.5 Å². The number of piperidine rings is 1. The Balaban J connectivity index is 1.41. The zero-order valence-electron chi connectivity index (χ0n) is 18.6. The van der Waals surface area contributed by atoms with Gasteiger partial charge in [0.15, 0.2) is 0 Å². The molecule has 0 unspecified atom stereocenters. The monoisotopic (exact) mass is 437 g/mol. The molecular formula is C28H27N3O2. The first-order chi connectivity index (χ1) is 16.2. The molecule has 4 aromatic rings. The normalized spacial score (nSPS) is 16.0. The van der Waals surface area contributed by atoms with E-state index in [4.69, 9.17) is 9.84 Å². The summed E-state index contributed by atoms with van der Waals surface area (Å²) < 4.78 is 7.98. The minimum absolute atomic E-state index is 0.00954. The van der Waals surface area contributed by atoms with Crippen molar-refractivity contribution in [3.05, 3.63) is 97.1 Å². The van der Waals surface area contributed by atoms with Gasteiger partial charge in [-0.25, -0.2) is 0 Å². The molecule has 0 N–H and O–H groups in total. The molecule has 5 heteroatoms. The second-order valence-corrected chi connectivity index (χ2v) is 8.39. The summed E-state index contributed by atoms with van der Waals surface area (Å²) in [6.45, 7) is 5.60. The first-order valence-electron chi connectivity index (χ1n) is 11.4. The molecule has 1 fully saturated rings. The summed E-state index contributed by atoms with van der Waals surface area (Å²) >= 11 is 0. The molecule has 3 aromatic carbocycles. The van der Waals surface area contributed by atoms with Gasteiger partial charge in [0, 0.05) is 24.0 Å². The van der Waals surface area contributed by atoms with Gasteiger partial charge in [0.25, 0.3) is 0 Å². The Morgan fingerprint density at radius 2 is 1.79 bits per heavy atom. The molecule has 1 atom stereocenters. The molecule has 0 spiro atoms. The van der Waals surface area contributed by atoms with E-state index < -0.39 is 0 Å². The lowest BCUT2D eigenvalue weighted by Gasteiger charge is -2.32. The molecule has 5 rings (SSSR count). The molecule has 1 aliphatic heterocycles. The fourth-order valence-electron chi connectivity index (χ4n) is 4.51. The minimum Gasteiger partial charge on any atom is -0.489 e. The highest BCUT2D eigenvalue weighted by molar-refractivity contribution is 5.93. The van der Waals surface area contributed by atoms with E-state index in [1.807, 2.05) is 47.4 Å². The molecule has 0 radical (unpaired) electrons. The molecular weight excluding hydrogens is 410 g/mol. The third-order valence-corrected chi connectivity index (χ3v) is 6.22.